The number of thiocarbonyl (C=S) groups is 1. The summed E-state index contributed by atoms with van der Waals surface area (Å²) in [6.45, 7) is 6.95. The summed E-state index contributed by atoms with van der Waals surface area (Å²) in [4.78, 5) is 0.389. The maximum absolute atomic E-state index is 5.92. The van der Waals surface area contributed by atoms with Crippen LogP contribution in [-0.4, -0.2) is 33.9 Å². The van der Waals surface area contributed by atoms with Crippen LogP contribution in [0.15, 0.2) is 0 Å². The van der Waals surface area contributed by atoms with Gasteiger partial charge in [-0.1, -0.05) is 26.1 Å². The van der Waals surface area contributed by atoms with Gasteiger partial charge >= 0.3 is 0 Å². The zero-order valence-electron chi connectivity index (χ0n) is 13.0. The predicted octanol–water partition coefficient (Wildman–Crippen LogP) is 2.21. The first-order valence-electron chi connectivity index (χ1n) is 7.66. The van der Waals surface area contributed by atoms with Gasteiger partial charge in [0.05, 0.1) is 17.4 Å². The smallest absolute Gasteiger partial charge is 0.159 e. The van der Waals surface area contributed by atoms with E-state index in [1.807, 2.05) is 6.92 Å². The van der Waals surface area contributed by atoms with Crippen molar-refractivity contribution in [2.24, 2.45) is 5.73 Å². The van der Waals surface area contributed by atoms with Gasteiger partial charge in [0.15, 0.2) is 5.82 Å². The van der Waals surface area contributed by atoms with Crippen molar-refractivity contribution >= 4 is 23.0 Å². The minimum Gasteiger partial charge on any atom is -0.389 e. The van der Waals surface area contributed by atoms with Crippen molar-refractivity contribution in [3.8, 4) is 0 Å². The van der Waals surface area contributed by atoms with Crippen LogP contribution in [0.1, 0.15) is 50.4 Å². The Hall–Kier alpha value is -1.27. The van der Waals surface area contributed by atoms with Gasteiger partial charge in [-0.25, -0.2) is 0 Å². The van der Waals surface area contributed by atoms with E-state index in [2.05, 4.69) is 29.4 Å². The van der Waals surface area contributed by atoms with Gasteiger partial charge in [-0.2, -0.15) is 5.10 Å². The molecule has 1 aromatic rings. The van der Waals surface area contributed by atoms with Gasteiger partial charge in [0.25, 0.3) is 0 Å². The van der Waals surface area contributed by atoms with E-state index in [4.69, 9.17) is 22.7 Å². The van der Waals surface area contributed by atoms with Crippen LogP contribution < -0.4 is 11.1 Å². The maximum atomic E-state index is 5.92. The molecule has 5 nitrogen and oxygen atoms in total. The first-order valence-corrected chi connectivity index (χ1v) is 8.07. The summed E-state index contributed by atoms with van der Waals surface area (Å²) in [5.41, 5.74) is 8.88. The fraction of sp³-hybridized carbons (Fsp3) is 0.667. The topological polar surface area (TPSA) is 73.1 Å². The zero-order valence-corrected chi connectivity index (χ0v) is 13.8. The molecule has 1 aliphatic carbocycles. The second-order valence-corrected chi connectivity index (χ2v) is 5.75. The van der Waals surface area contributed by atoms with Crippen LogP contribution in [-0.2, 0) is 17.6 Å². The SMILES string of the molecule is CCOC1CC(Nc2nnc(CC)c(CC)c2C(N)=S)C1. The average molecular weight is 308 g/mol. The van der Waals surface area contributed by atoms with Gasteiger partial charge in [0.1, 0.15) is 4.99 Å². The molecule has 1 heterocycles. The molecule has 1 fully saturated rings. The molecule has 1 aliphatic rings. The summed E-state index contributed by atoms with van der Waals surface area (Å²) in [6.07, 6.45) is 4.02. The molecular weight excluding hydrogens is 284 g/mol. The zero-order chi connectivity index (χ0) is 15.4. The fourth-order valence-corrected chi connectivity index (χ4v) is 3.01. The van der Waals surface area contributed by atoms with Crippen LogP contribution in [0.2, 0.25) is 0 Å². The molecule has 0 aliphatic heterocycles. The summed E-state index contributed by atoms with van der Waals surface area (Å²) in [7, 11) is 0. The Morgan fingerprint density at radius 2 is 2.00 bits per heavy atom. The van der Waals surface area contributed by atoms with Crippen molar-refractivity contribution in [2.75, 3.05) is 11.9 Å². The highest BCUT2D eigenvalue weighted by Crippen LogP contribution is 2.29. The first kappa shape index (κ1) is 16.1. The average Bonchev–Trinajstić information content (AvgIpc) is 2.43. The largest absolute Gasteiger partial charge is 0.389 e. The van der Waals surface area contributed by atoms with Gasteiger partial charge in [-0.15, -0.1) is 5.10 Å². The number of nitrogens with one attached hydrogen (secondary N) is 1. The molecule has 0 spiro atoms. The Morgan fingerprint density at radius 1 is 1.29 bits per heavy atom. The molecule has 0 saturated heterocycles. The number of aromatic nitrogens is 2. The van der Waals surface area contributed by atoms with Crippen molar-refractivity contribution in [1.29, 1.82) is 0 Å². The van der Waals surface area contributed by atoms with Gasteiger partial charge in [0, 0.05) is 12.6 Å². The van der Waals surface area contributed by atoms with E-state index < -0.39 is 0 Å². The molecule has 2 rings (SSSR count). The number of ether oxygens (including phenoxy) is 1. The molecule has 0 amide bonds. The van der Waals surface area contributed by atoms with Crippen LogP contribution in [0.3, 0.4) is 0 Å². The van der Waals surface area contributed by atoms with E-state index in [0.29, 0.717) is 17.1 Å². The number of nitrogens with zero attached hydrogens (tertiary/aromatic N) is 2. The molecule has 0 radical (unpaired) electrons. The fourth-order valence-electron chi connectivity index (χ4n) is 2.79. The normalized spacial score (nSPS) is 20.9. The van der Waals surface area contributed by atoms with Crippen molar-refractivity contribution < 1.29 is 4.74 Å². The molecule has 1 aromatic heterocycles. The lowest BCUT2D eigenvalue weighted by atomic mass is 9.89. The van der Waals surface area contributed by atoms with Crippen molar-refractivity contribution in [3.05, 3.63) is 16.8 Å². The van der Waals surface area contributed by atoms with E-state index >= 15 is 0 Å². The monoisotopic (exact) mass is 308 g/mol. The molecule has 0 bridgehead atoms. The van der Waals surface area contributed by atoms with E-state index in [1.54, 1.807) is 0 Å². The van der Waals surface area contributed by atoms with Gasteiger partial charge in [-0.3, -0.25) is 0 Å². The molecule has 21 heavy (non-hydrogen) atoms. The Bertz CT molecular complexity index is 515. The maximum Gasteiger partial charge on any atom is 0.159 e. The first-order chi connectivity index (χ1) is 10.1. The lowest BCUT2D eigenvalue weighted by Gasteiger charge is -2.36. The van der Waals surface area contributed by atoms with E-state index in [0.717, 1.165) is 54.9 Å². The standard InChI is InChI=1S/C15H24N4OS/c1-4-11-12(5-2)18-19-15(13(11)14(16)21)17-9-7-10(8-9)20-6-3/h9-10H,4-8H2,1-3H3,(H2,16,21)(H,17,19). The molecule has 0 unspecified atom stereocenters. The molecule has 0 atom stereocenters. The molecule has 1 saturated carbocycles. The van der Waals surface area contributed by atoms with E-state index in [-0.39, 0.29) is 0 Å². The second kappa shape index (κ2) is 7.13. The number of aryl methyl sites for hydroxylation is 1. The predicted molar refractivity (Wildman–Crippen MR) is 88.7 cm³/mol. The van der Waals surface area contributed by atoms with E-state index in [1.165, 1.54) is 0 Å². The highest BCUT2D eigenvalue weighted by Gasteiger charge is 2.31. The summed E-state index contributed by atoms with van der Waals surface area (Å²) in [5, 5.41) is 12.0. The van der Waals surface area contributed by atoms with Crippen LogP contribution in [0, 0.1) is 0 Å². The quantitative estimate of drug-likeness (QED) is 0.753. The van der Waals surface area contributed by atoms with Crippen LogP contribution >= 0.6 is 12.2 Å². The summed E-state index contributed by atoms with van der Waals surface area (Å²) in [6, 6.07) is 0.362. The lowest BCUT2D eigenvalue weighted by molar-refractivity contribution is 0.00290. The highest BCUT2D eigenvalue weighted by atomic mass is 32.1. The second-order valence-electron chi connectivity index (χ2n) is 5.31. The van der Waals surface area contributed by atoms with Crippen molar-refractivity contribution in [1.82, 2.24) is 10.2 Å². The van der Waals surface area contributed by atoms with Gasteiger partial charge in [-0.05, 0) is 38.2 Å². The van der Waals surface area contributed by atoms with Crippen molar-refractivity contribution in [3.63, 3.8) is 0 Å². The third-order valence-electron chi connectivity index (χ3n) is 3.93. The van der Waals surface area contributed by atoms with Gasteiger partial charge < -0.3 is 15.8 Å². The highest BCUT2D eigenvalue weighted by molar-refractivity contribution is 7.80. The summed E-state index contributed by atoms with van der Waals surface area (Å²) < 4.78 is 5.58. The number of anilines is 1. The Labute approximate surface area is 131 Å². The van der Waals surface area contributed by atoms with Crippen molar-refractivity contribution in [2.45, 2.75) is 58.6 Å². The molecule has 3 N–H and O–H groups in total. The minimum absolute atomic E-state index is 0.356. The minimum atomic E-state index is 0.356. The lowest BCUT2D eigenvalue weighted by Crippen LogP contribution is -2.41. The summed E-state index contributed by atoms with van der Waals surface area (Å²) in [5.74, 6) is 0.719. The molecule has 116 valence electrons. The Balaban J connectivity index is 2.18. The summed E-state index contributed by atoms with van der Waals surface area (Å²) >= 11 is 5.23. The number of hydrogen-bond donors (Lipinski definition) is 2. The van der Waals surface area contributed by atoms with Crippen LogP contribution in [0.5, 0.6) is 0 Å². The Kier molecular flexibility index (Phi) is 5.47. The van der Waals surface area contributed by atoms with Gasteiger partial charge in [0.2, 0.25) is 0 Å². The third kappa shape index (κ3) is 3.49. The molecule has 0 aromatic carbocycles. The molecule has 6 heteroatoms. The van der Waals surface area contributed by atoms with Crippen LogP contribution in [0.25, 0.3) is 0 Å². The number of nitrogens with two attached hydrogens (primary N) is 1. The van der Waals surface area contributed by atoms with E-state index in [9.17, 15) is 0 Å². The molecular formula is C15H24N4OS. The number of rotatable bonds is 7. The number of hydrogen-bond acceptors (Lipinski definition) is 5. The Morgan fingerprint density at radius 3 is 2.52 bits per heavy atom. The van der Waals surface area contributed by atoms with Crippen LogP contribution in [0.4, 0.5) is 5.82 Å². The third-order valence-corrected chi connectivity index (χ3v) is 4.13.